The molecule has 8 heteroatoms. The van der Waals surface area contributed by atoms with Gasteiger partial charge in [0, 0.05) is 17.6 Å². The minimum Gasteiger partial charge on any atom is -0.508 e. The van der Waals surface area contributed by atoms with Crippen LogP contribution in [0.2, 0.25) is 5.02 Å². The van der Waals surface area contributed by atoms with Gasteiger partial charge in [-0.1, -0.05) is 11.6 Å². The number of aromatic amines is 2. The largest absolute Gasteiger partial charge is 0.508 e. The van der Waals surface area contributed by atoms with Gasteiger partial charge in [0.1, 0.15) is 11.4 Å². The van der Waals surface area contributed by atoms with Crippen LogP contribution in [0, 0.1) is 0 Å². The van der Waals surface area contributed by atoms with Gasteiger partial charge >= 0.3 is 5.69 Å². The maximum Gasteiger partial charge on any atom is 0.325 e. The van der Waals surface area contributed by atoms with Crippen molar-refractivity contribution in [2.45, 2.75) is 12.8 Å². The van der Waals surface area contributed by atoms with Gasteiger partial charge in [0.25, 0.3) is 5.56 Å². The van der Waals surface area contributed by atoms with E-state index in [0.29, 0.717) is 10.6 Å². The third-order valence-electron chi connectivity index (χ3n) is 2.76. The van der Waals surface area contributed by atoms with Crippen LogP contribution in [0.1, 0.15) is 12.0 Å². The topological polar surface area (TPSA) is 115 Å². The summed E-state index contributed by atoms with van der Waals surface area (Å²) in [5.74, 6) is -0.374. The van der Waals surface area contributed by atoms with Crippen molar-refractivity contribution in [1.82, 2.24) is 9.97 Å². The number of H-pyrrole nitrogens is 2. The normalized spacial score (nSPS) is 10.3. The van der Waals surface area contributed by atoms with E-state index in [-0.39, 0.29) is 24.3 Å². The lowest BCUT2D eigenvalue weighted by Crippen LogP contribution is -2.26. The summed E-state index contributed by atoms with van der Waals surface area (Å²) in [4.78, 5) is 38.2. The molecule has 110 valence electrons. The molecule has 4 N–H and O–H groups in total. The Labute approximate surface area is 123 Å². The van der Waals surface area contributed by atoms with Gasteiger partial charge in [-0.15, -0.1) is 0 Å². The van der Waals surface area contributed by atoms with E-state index in [0.717, 1.165) is 6.20 Å². The number of carbonyl (C=O) groups excluding carboxylic acids is 1. The predicted octanol–water partition coefficient (Wildman–Crippen LogP) is 0.993. The van der Waals surface area contributed by atoms with E-state index >= 15 is 0 Å². The Balaban J connectivity index is 2.00. The first-order valence-electron chi connectivity index (χ1n) is 6.05. The molecule has 1 aromatic heterocycles. The number of hydrogen-bond donors (Lipinski definition) is 4. The van der Waals surface area contributed by atoms with Gasteiger partial charge in [0.05, 0.1) is 0 Å². The van der Waals surface area contributed by atoms with Gasteiger partial charge < -0.3 is 15.4 Å². The van der Waals surface area contributed by atoms with Crippen molar-refractivity contribution in [2.24, 2.45) is 0 Å². The number of phenols is 1. The number of phenolic OH excluding ortho intramolecular Hbond substituents is 1. The van der Waals surface area contributed by atoms with Crippen LogP contribution in [0.4, 0.5) is 5.69 Å². The number of halogens is 1. The van der Waals surface area contributed by atoms with Crippen LogP contribution in [0.25, 0.3) is 0 Å². The summed E-state index contributed by atoms with van der Waals surface area (Å²) >= 11 is 5.81. The Morgan fingerprint density at radius 1 is 1.33 bits per heavy atom. The second-order valence-corrected chi connectivity index (χ2v) is 4.74. The zero-order chi connectivity index (χ0) is 15.4. The van der Waals surface area contributed by atoms with Gasteiger partial charge in [0.15, 0.2) is 0 Å². The standard InChI is InChI=1S/C13H12ClN3O4/c14-8-2-3-10(18)7(5-8)1-4-11(19)16-9-6-15-13(21)17-12(9)20/h2-3,5-6,18H,1,4H2,(H,16,19)(H2,15,17,20,21). The molecule has 0 saturated carbocycles. The van der Waals surface area contributed by atoms with Gasteiger partial charge in [-0.2, -0.15) is 0 Å². The highest BCUT2D eigenvalue weighted by atomic mass is 35.5. The van der Waals surface area contributed by atoms with E-state index in [1.165, 1.54) is 6.07 Å². The van der Waals surface area contributed by atoms with Crippen molar-refractivity contribution in [3.8, 4) is 5.75 Å². The molecule has 0 fully saturated rings. The number of hydrogen-bond acceptors (Lipinski definition) is 4. The molecule has 0 unspecified atom stereocenters. The monoisotopic (exact) mass is 309 g/mol. The molecular weight excluding hydrogens is 298 g/mol. The third kappa shape index (κ3) is 3.96. The molecule has 1 amide bonds. The maximum absolute atomic E-state index is 11.7. The van der Waals surface area contributed by atoms with E-state index in [1.807, 2.05) is 4.98 Å². The molecule has 1 heterocycles. The van der Waals surface area contributed by atoms with Crippen LogP contribution in [0.3, 0.4) is 0 Å². The van der Waals surface area contributed by atoms with Crippen LogP contribution in [-0.2, 0) is 11.2 Å². The van der Waals surface area contributed by atoms with Gasteiger partial charge in [-0.25, -0.2) is 4.79 Å². The van der Waals surface area contributed by atoms with E-state index in [4.69, 9.17) is 11.6 Å². The van der Waals surface area contributed by atoms with Crippen LogP contribution >= 0.6 is 11.6 Å². The Morgan fingerprint density at radius 3 is 2.81 bits per heavy atom. The SMILES string of the molecule is O=C(CCc1cc(Cl)ccc1O)Nc1c[nH]c(=O)[nH]c1=O. The lowest BCUT2D eigenvalue weighted by Gasteiger charge is -2.06. The predicted molar refractivity (Wildman–Crippen MR) is 77.8 cm³/mol. The molecule has 0 aliphatic carbocycles. The number of nitrogens with one attached hydrogen (secondary N) is 3. The second kappa shape index (κ2) is 6.27. The van der Waals surface area contributed by atoms with Crippen LogP contribution in [0.5, 0.6) is 5.75 Å². The number of aromatic nitrogens is 2. The minimum atomic E-state index is -0.683. The summed E-state index contributed by atoms with van der Waals surface area (Å²) in [5.41, 5.74) is -0.845. The number of aromatic hydroxyl groups is 1. The summed E-state index contributed by atoms with van der Waals surface area (Å²) in [7, 11) is 0. The molecule has 2 rings (SSSR count). The number of carbonyl (C=O) groups is 1. The van der Waals surface area contributed by atoms with E-state index in [1.54, 1.807) is 12.1 Å². The first kappa shape index (κ1) is 14.9. The average Bonchev–Trinajstić information content (AvgIpc) is 2.43. The fraction of sp³-hybridized carbons (Fsp3) is 0.154. The molecule has 0 radical (unpaired) electrons. The summed E-state index contributed by atoms with van der Waals surface area (Å²) in [6.07, 6.45) is 1.43. The zero-order valence-corrected chi connectivity index (χ0v) is 11.5. The fourth-order valence-electron chi connectivity index (χ4n) is 1.72. The Bertz CT molecular complexity index is 781. The molecule has 7 nitrogen and oxygen atoms in total. The Morgan fingerprint density at radius 2 is 2.10 bits per heavy atom. The number of anilines is 1. The summed E-state index contributed by atoms with van der Waals surface area (Å²) in [5, 5.41) is 12.5. The summed E-state index contributed by atoms with van der Waals surface area (Å²) < 4.78 is 0. The van der Waals surface area contributed by atoms with Gasteiger partial charge in [-0.05, 0) is 30.2 Å². The number of benzene rings is 1. The summed E-state index contributed by atoms with van der Waals surface area (Å²) in [6, 6.07) is 4.56. The van der Waals surface area contributed by atoms with Crippen LogP contribution in [0.15, 0.2) is 34.0 Å². The number of aryl methyl sites for hydroxylation is 1. The molecule has 0 spiro atoms. The molecule has 0 aliphatic heterocycles. The quantitative estimate of drug-likeness (QED) is 0.674. The van der Waals surface area contributed by atoms with Crippen molar-refractivity contribution in [2.75, 3.05) is 5.32 Å². The van der Waals surface area contributed by atoms with Crippen molar-refractivity contribution < 1.29 is 9.90 Å². The molecule has 0 bridgehead atoms. The first-order valence-corrected chi connectivity index (χ1v) is 6.43. The molecule has 2 aromatic rings. The molecule has 21 heavy (non-hydrogen) atoms. The Kier molecular flexibility index (Phi) is 4.44. The first-order chi connectivity index (χ1) is 9.95. The van der Waals surface area contributed by atoms with Crippen molar-refractivity contribution in [3.05, 3.63) is 55.8 Å². The maximum atomic E-state index is 11.7. The van der Waals surface area contributed by atoms with Crippen molar-refractivity contribution in [1.29, 1.82) is 0 Å². The average molecular weight is 310 g/mol. The Hall–Kier alpha value is -2.54. The summed E-state index contributed by atoms with van der Waals surface area (Å²) in [6.45, 7) is 0. The third-order valence-corrected chi connectivity index (χ3v) is 2.99. The van der Waals surface area contributed by atoms with Crippen LogP contribution in [-0.4, -0.2) is 21.0 Å². The molecule has 0 atom stereocenters. The smallest absolute Gasteiger partial charge is 0.325 e. The molecule has 0 saturated heterocycles. The molecular formula is C13H12ClN3O4. The van der Waals surface area contributed by atoms with Gasteiger partial charge in [0.2, 0.25) is 5.91 Å². The zero-order valence-electron chi connectivity index (χ0n) is 10.8. The highest BCUT2D eigenvalue weighted by Gasteiger charge is 2.09. The highest BCUT2D eigenvalue weighted by molar-refractivity contribution is 6.30. The van der Waals surface area contributed by atoms with Crippen molar-refractivity contribution >= 4 is 23.2 Å². The fourth-order valence-corrected chi connectivity index (χ4v) is 1.91. The lowest BCUT2D eigenvalue weighted by atomic mass is 10.1. The molecule has 0 aliphatic rings. The van der Waals surface area contributed by atoms with Crippen molar-refractivity contribution in [3.63, 3.8) is 0 Å². The molecule has 1 aromatic carbocycles. The second-order valence-electron chi connectivity index (χ2n) is 4.31. The number of amides is 1. The van der Waals surface area contributed by atoms with E-state index in [2.05, 4.69) is 10.3 Å². The van der Waals surface area contributed by atoms with Crippen LogP contribution < -0.4 is 16.6 Å². The highest BCUT2D eigenvalue weighted by Crippen LogP contribution is 2.22. The minimum absolute atomic E-state index is 0.0464. The lowest BCUT2D eigenvalue weighted by molar-refractivity contribution is -0.116. The number of rotatable bonds is 4. The van der Waals surface area contributed by atoms with E-state index < -0.39 is 17.2 Å². The van der Waals surface area contributed by atoms with E-state index in [9.17, 15) is 19.5 Å². The van der Waals surface area contributed by atoms with Gasteiger partial charge in [-0.3, -0.25) is 14.6 Å².